The van der Waals surface area contributed by atoms with Gasteiger partial charge in [0, 0.05) is 24.7 Å². The van der Waals surface area contributed by atoms with E-state index in [0.29, 0.717) is 16.9 Å². The van der Waals surface area contributed by atoms with Gasteiger partial charge in [-0.15, -0.1) is 0 Å². The Bertz CT molecular complexity index is 1310. The second-order valence-electron chi connectivity index (χ2n) is 9.89. The van der Waals surface area contributed by atoms with Gasteiger partial charge in [-0.1, -0.05) is 37.5 Å². The number of nitro groups is 1. The van der Waals surface area contributed by atoms with Gasteiger partial charge in [-0.25, -0.2) is 8.42 Å². The Labute approximate surface area is 229 Å². The molecule has 1 atom stereocenters. The number of non-ortho nitro benzene ring substituents is 1. The van der Waals surface area contributed by atoms with Crippen LogP contribution in [0, 0.1) is 17.0 Å². The highest BCUT2D eigenvalue weighted by atomic mass is 32.2. The Balaban J connectivity index is 1.94. The molecular formula is C27H36N4O7S. The fourth-order valence-corrected chi connectivity index (χ4v) is 5.59. The fourth-order valence-electron chi connectivity index (χ4n) is 4.69. The fraction of sp³-hybridized carbons (Fsp3) is 0.481. The summed E-state index contributed by atoms with van der Waals surface area (Å²) in [4.78, 5) is 39.1. The molecule has 3 rings (SSSR count). The molecule has 2 aromatic rings. The van der Waals surface area contributed by atoms with Gasteiger partial charge in [0.15, 0.2) is 0 Å². The highest BCUT2D eigenvalue weighted by molar-refractivity contribution is 7.92. The molecule has 2 amide bonds. The summed E-state index contributed by atoms with van der Waals surface area (Å²) in [5.74, 6) is -0.375. The van der Waals surface area contributed by atoms with Gasteiger partial charge in [-0.2, -0.15) is 0 Å². The first-order valence-electron chi connectivity index (χ1n) is 12.9. The number of carbonyl (C=O) groups is 2. The molecule has 0 saturated heterocycles. The number of hydrogen-bond acceptors (Lipinski definition) is 7. The second kappa shape index (κ2) is 12.9. The van der Waals surface area contributed by atoms with Gasteiger partial charge >= 0.3 is 0 Å². The molecular weight excluding hydrogens is 524 g/mol. The average Bonchev–Trinajstić information content (AvgIpc) is 2.90. The van der Waals surface area contributed by atoms with Gasteiger partial charge in [0.2, 0.25) is 21.8 Å². The number of amides is 2. The largest absolute Gasteiger partial charge is 0.497 e. The normalized spacial score (nSPS) is 14.8. The monoisotopic (exact) mass is 560 g/mol. The van der Waals surface area contributed by atoms with Crippen molar-refractivity contribution in [3.63, 3.8) is 0 Å². The molecule has 1 aliphatic carbocycles. The quantitative estimate of drug-likeness (QED) is 0.328. The van der Waals surface area contributed by atoms with Crippen LogP contribution < -0.4 is 14.4 Å². The van der Waals surface area contributed by atoms with Gasteiger partial charge < -0.3 is 15.0 Å². The van der Waals surface area contributed by atoms with Crippen LogP contribution in [0.3, 0.4) is 0 Å². The number of anilines is 1. The lowest BCUT2D eigenvalue weighted by molar-refractivity contribution is -0.384. The molecule has 12 heteroatoms. The first kappa shape index (κ1) is 29.9. The van der Waals surface area contributed by atoms with Crippen LogP contribution >= 0.6 is 0 Å². The number of aryl methyl sites for hydroxylation is 1. The lowest BCUT2D eigenvalue weighted by Crippen LogP contribution is -2.53. The number of benzene rings is 2. The second-order valence-corrected chi connectivity index (χ2v) is 11.8. The van der Waals surface area contributed by atoms with Gasteiger partial charge in [0.1, 0.15) is 18.3 Å². The molecule has 0 bridgehead atoms. The first-order valence-corrected chi connectivity index (χ1v) is 14.7. The number of methoxy groups -OCH3 is 1. The molecule has 0 aromatic heterocycles. The number of nitrogens with one attached hydrogen (secondary N) is 1. The molecule has 1 fully saturated rings. The number of carbonyl (C=O) groups excluding carboxylic acids is 2. The molecule has 0 aliphatic heterocycles. The highest BCUT2D eigenvalue weighted by Crippen LogP contribution is 2.28. The molecule has 2 aromatic carbocycles. The molecule has 212 valence electrons. The Morgan fingerprint density at radius 3 is 2.46 bits per heavy atom. The zero-order valence-electron chi connectivity index (χ0n) is 22.8. The zero-order valence-corrected chi connectivity index (χ0v) is 23.6. The summed E-state index contributed by atoms with van der Waals surface area (Å²) < 4.78 is 31.8. The van der Waals surface area contributed by atoms with Crippen molar-refractivity contribution < 1.29 is 27.7 Å². The summed E-state index contributed by atoms with van der Waals surface area (Å²) in [5, 5.41) is 14.4. The van der Waals surface area contributed by atoms with E-state index in [4.69, 9.17) is 4.74 Å². The van der Waals surface area contributed by atoms with E-state index in [0.717, 1.165) is 48.7 Å². The maximum atomic E-state index is 13.8. The third-order valence-corrected chi connectivity index (χ3v) is 8.08. The summed E-state index contributed by atoms with van der Waals surface area (Å²) in [6.45, 7) is 2.61. The van der Waals surface area contributed by atoms with Crippen molar-refractivity contribution in [2.24, 2.45) is 0 Å². The standard InChI is InChI=1S/C27H36N4O7S/c1-19-13-14-23(31(34)35)16-25(19)30(39(4,36)37)18-26(32)29(17-21-9-8-12-24(15-21)38-3)20(2)27(33)28-22-10-6-5-7-11-22/h8-9,12-16,20,22H,5-7,10-11,17-18H2,1-4H3,(H,28,33)/t20-/m1/s1. The smallest absolute Gasteiger partial charge is 0.271 e. The van der Waals surface area contributed by atoms with E-state index in [2.05, 4.69) is 5.32 Å². The first-order chi connectivity index (χ1) is 18.4. The summed E-state index contributed by atoms with van der Waals surface area (Å²) in [6, 6.07) is 10.0. The maximum absolute atomic E-state index is 13.8. The summed E-state index contributed by atoms with van der Waals surface area (Å²) in [7, 11) is -2.50. The summed E-state index contributed by atoms with van der Waals surface area (Å²) >= 11 is 0. The lowest BCUT2D eigenvalue weighted by atomic mass is 9.95. The van der Waals surface area contributed by atoms with Crippen LogP contribution in [0.5, 0.6) is 5.75 Å². The summed E-state index contributed by atoms with van der Waals surface area (Å²) in [5.41, 5.74) is 0.865. The van der Waals surface area contributed by atoms with Crippen molar-refractivity contribution in [3.8, 4) is 5.75 Å². The minimum atomic E-state index is -4.02. The molecule has 0 spiro atoms. The summed E-state index contributed by atoms with van der Waals surface area (Å²) in [6.07, 6.45) is 5.85. The third-order valence-electron chi connectivity index (χ3n) is 6.96. The van der Waals surface area contributed by atoms with E-state index in [1.807, 2.05) is 0 Å². The Morgan fingerprint density at radius 2 is 1.85 bits per heavy atom. The predicted molar refractivity (Wildman–Crippen MR) is 148 cm³/mol. The predicted octanol–water partition coefficient (Wildman–Crippen LogP) is 3.54. The van der Waals surface area contributed by atoms with E-state index in [9.17, 15) is 28.1 Å². The number of nitro benzene ring substituents is 1. The van der Waals surface area contributed by atoms with Gasteiger partial charge in [0.25, 0.3) is 5.69 Å². The van der Waals surface area contributed by atoms with Crippen LogP contribution in [0.4, 0.5) is 11.4 Å². The Morgan fingerprint density at radius 1 is 1.15 bits per heavy atom. The molecule has 11 nitrogen and oxygen atoms in total. The van der Waals surface area contributed by atoms with Crippen LogP contribution in [-0.4, -0.2) is 62.0 Å². The van der Waals surface area contributed by atoms with E-state index >= 15 is 0 Å². The molecule has 0 heterocycles. The van der Waals surface area contributed by atoms with Crippen molar-refractivity contribution in [1.82, 2.24) is 10.2 Å². The molecule has 39 heavy (non-hydrogen) atoms. The number of nitrogens with zero attached hydrogens (tertiary/aromatic N) is 3. The van der Waals surface area contributed by atoms with Gasteiger partial charge in [-0.3, -0.25) is 24.0 Å². The van der Waals surface area contributed by atoms with Crippen LogP contribution in [0.25, 0.3) is 0 Å². The van der Waals surface area contributed by atoms with Crippen molar-refractivity contribution in [2.75, 3.05) is 24.2 Å². The SMILES string of the molecule is COc1cccc(CN(C(=O)CN(c2cc([N+](=O)[O-])ccc2C)S(C)(=O)=O)[C@H](C)C(=O)NC2CCCCC2)c1. The highest BCUT2D eigenvalue weighted by Gasteiger charge is 2.32. The van der Waals surface area contributed by atoms with E-state index in [1.54, 1.807) is 38.1 Å². The minimum absolute atomic E-state index is 0.0284. The number of sulfonamides is 1. The Kier molecular flexibility index (Phi) is 9.90. The number of ether oxygens (including phenoxy) is 1. The zero-order chi connectivity index (χ0) is 28.7. The maximum Gasteiger partial charge on any atom is 0.271 e. The van der Waals surface area contributed by atoms with Gasteiger partial charge in [0.05, 0.1) is 24.0 Å². The van der Waals surface area contributed by atoms with Crippen LogP contribution in [-0.2, 0) is 26.2 Å². The van der Waals surface area contributed by atoms with Crippen molar-refractivity contribution >= 4 is 33.2 Å². The number of rotatable bonds is 11. The lowest BCUT2D eigenvalue weighted by Gasteiger charge is -2.33. The molecule has 0 radical (unpaired) electrons. The van der Waals surface area contributed by atoms with Crippen molar-refractivity contribution in [3.05, 3.63) is 63.7 Å². The molecule has 1 N–H and O–H groups in total. The van der Waals surface area contributed by atoms with E-state index in [1.165, 1.54) is 24.1 Å². The molecule has 1 aliphatic rings. The molecule has 1 saturated carbocycles. The van der Waals surface area contributed by atoms with E-state index in [-0.39, 0.29) is 29.9 Å². The Hall–Kier alpha value is -3.67. The van der Waals surface area contributed by atoms with Crippen molar-refractivity contribution in [1.29, 1.82) is 0 Å². The van der Waals surface area contributed by atoms with E-state index < -0.39 is 33.4 Å². The minimum Gasteiger partial charge on any atom is -0.497 e. The topological polar surface area (TPSA) is 139 Å². The third kappa shape index (κ3) is 7.92. The number of hydrogen-bond donors (Lipinski definition) is 1. The van der Waals surface area contributed by atoms with Crippen molar-refractivity contribution in [2.45, 2.75) is 64.6 Å². The van der Waals surface area contributed by atoms with Crippen LogP contribution in [0.2, 0.25) is 0 Å². The van der Waals surface area contributed by atoms with Gasteiger partial charge in [-0.05, 0) is 49.9 Å². The average molecular weight is 561 g/mol. The van der Waals surface area contributed by atoms with Crippen LogP contribution in [0.15, 0.2) is 42.5 Å². The molecule has 0 unspecified atom stereocenters. The van der Waals surface area contributed by atoms with Crippen LogP contribution in [0.1, 0.15) is 50.2 Å².